The maximum absolute atomic E-state index is 13.7. The zero-order valence-corrected chi connectivity index (χ0v) is 22.3. The highest BCUT2D eigenvalue weighted by atomic mass is 35.5. The normalized spacial score (nSPS) is 12.6. The summed E-state index contributed by atoms with van der Waals surface area (Å²) in [4.78, 5) is 29.0. The van der Waals surface area contributed by atoms with E-state index in [2.05, 4.69) is 36.5 Å². The van der Waals surface area contributed by atoms with E-state index in [4.69, 9.17) is 11.6 Å². The van der Waals surface area contributed by atoms with Crippen LogP contribution in [0.1, 0.15) is 55.9 Å². The van der Waals surface area contributed by atoms with Crippen molar-refractivity contribution in [3.63, 3.8) is 0 Å². The molecule has 2 atom stereocenters. The highest BCUT2D eigenvalue weighted by Gasteiger charge is 2.30. The van der Waals surface area contributed by atoms with E-state index in [-0.39, 0.29) is 17.9 Å². The number of carbonyl (C=O) groups excluding carboxylic acids is 2. The molecule has 0 saturated heterocycles. The van der Waals surface area contributed by atoms with E-state index in [1.807, 2.05) is 68.4 Å². The van der Waals surface area contributed by atoms with Gasteiger partial charge < -0.3 is 10.2 Å². The Hall–Kier alpha value is -3.11. The van der Waals surface area contributed by atoms with Crippen LogP contribution in [0.4, 0.5) is 0 Å². The van der Waals surface area contributed by atoms with E-state index in [9.17, 15) is 9.59 Å². The Kier molecular flexibility index (Phi) is 10.6. The smallest absolute Gasteiger partial charge is 0.243 e. The average molecular weight is 505 g/mol. The third-order valence-electron chi connectivity index (χ3n) is 6.57. The number of aryl methyl sites for hydroxylation is 2. The summed E-state index contributed by atoms with van der Waals surface area (Å²) in [5.74, 6) is -0.175. The van der Waals surface area contributed by atoms with Crippen molar-refractivity contribution in [2.45, 2.75) is 71.5 Å². The van der Waals surface area contributed by atoms with Crippen LogP contribution in [0.3, 0.4) is 0 Å². The summed E-state index contributed by atoms with van der Waals surface area (Å²) in [5.41, 5.74) is 4.31. The van der Waals surface area contributed by atoms with Gasteiger partial charge in [-0.05, 0) is 60.6 Å². The minimum Gasteiger partial charge on any atom is -0.352 e. The predicted molar refractivity (Wildman–Crippen MR) is 148 cm³/mol. The maximum atomic E-state index is 13.7. The number of hydrogen-bond donors (Lipinski definition) is 1. The number of hydrogen-bond acceptors (Lipinski definition) is 2. The molecule has 0 fully saturated rings. The number of carbonyl (C=O) groups is 2. The van der Waals surface area contributed by atoms with Crippen LogP contribution in [-0.2, 0) is 35.4 Å². The standard InChI is InChI=1S/C31H37ClN2O2/c1-4-23(3)33-31(36)29(21-26-10-7-6-8-11-26)34(22-27-12-9-13-28(32)20-27)30(35)19-18-25-16-14-24(5-2)15-17-25/h6-17,20,23,29H,4-5,18-19,21-22H2,1-3H3,(H,33,36)/t23-,29-/m1/s1. The van der Waals surface area contributed by atoms with Crippen molar-refractivity contribution in [3.8, 4) is 0 Å². The lowest BCUT2D eigenvalue weighted by Crippen LogP contribution is -2.52. The molecule has 0 aliphatic carbocycles. The first-order valence-electron chi connectivity index (χ1n) is 12.9. The molecule has 0 aliphatic heterocycles. The molecule has 190 valence electrons. The van der Waals surface area contributed by atoms with Gasteiger partial charge in [-0.3, -0.25) is 9.59 Å². The monoisotopic (exact) mass is 504 g/mol. The predicted octanol–water partition coefficient (Wildman–Crippen LogP) is 6.39. The highest BCUT2D eigenvalue weighted by Crippen LogP contribution is 2.19. The van der Waals surface area contributed by atoms with Gasteiger partial charge in [-0.2, -0.15) is 0 Å². The molecule has 0 saturated carbocycles. The molecule has 3 rings (SSSR count). The number of halogens is 1. The SMILES string of the molecule is CCc1ccc(CCC(=O)N(Cc2cccc(Cl)c2)[C@H](Cc2ccccc2)C(=O)N[C@H](C)CC)cc1. The van der Waals surface area contributed by atoms with Gasteiger partial charge in [0, 0.05) is 30.5 Å². The largest absolute Gasteiger partial charge is 0.352 e. The zero-order valence-electron chi connectivity index (χ0n) is 21.5. The fourth-order valence-electron chi connectivity index (χ4n) is 4.16. The third-order valence-corrected chi connectivity index (χ3v) is 6.81. The van der Waals surface area contributed by atoms with E-state index in [1.165, 1.54) is 5.56 Å². The second-order valence-electron chi connectivity index (χ2n) is 9.35. The summed E-state index contributed by atoms with van der Waals surface area (Å²) >= 11 is 6.25. The minimum absolute atomic E-state index is 0.0241. The van der Waals surface area contributed by atoms with Gasteiger partial charge in [0.25, 0.3) is 0 Å². The number of rotatable bonds is 12. The second-order valence-corrected chi connectivity index (χ2v) is 9.78. The topological polar surface area (TPSA) is 49.4 Å². The van der Waals surface area contributed by atoms with E-state index >= 15 is 0 Å². The molecule has 3 aromatic carbocycles. The van der Waals surface area contributed by atoms with Crippen molar-refractivity contribution < 1.29 is 9.59 Å². The van der Waals surface area contributed by atoms with E-state index in [1.54, 1.807) is 4.90 Å². The Morgan fingerprint density at radius 3 is 2.17 bits per heavy atom. The van der Waals surface area contributed by atoms with Gasteiger partial charge in [-0.25, -0.2) is 0 Å². The van der Waals surface area contributed by atoms with Gasteiger partial charge in [0.1, 0.15) is 6.04 Å². The fraction of sp³-hybridized carbons (Fsp3) is 0.355. The van der Waals surface area contributed by atoms with Gasteiger partial charge in [0.05, 0.1) is 0 Å². The first-order chi connectivity index (χ1) is 17.4. The van der Waals surface area contributed by atoms with Gasteiger partial charge in [-0.1, -0.05) is 92.2 Å². The Bertz CT molecular complexity index is 1110. The summed E-state index contributed by atoms with van der Waals surface area (Å²) < 4.78 is 0. The van der Waals surface area contributed by atoms with Gasteiger partial charge >= 0.3 is 0 Å². The Morgan fingerprint density at radius 2 is 1.53 bits per heavy atom. The van der Waals surface area contributed by atoms with Crippen LogP contribution in [0.2, 0.25) is 5.02 Å². The van der Waals surface area contributed by atoms with Crippen LogP contribution in [0.15, 0.2) is 78.9 Å². The molecule has 0 unspecified atom stereocenters. The van der Waals surface area contributed by atoms with E-state index < -0.39 is 6.04 Å². The number of benzene rings is 3. The average Bonchev–Trinajstić information content (AvgIpc) is 2.90. The molecule has 36 heavy (non-hydrogen) atoms. The maximum Gasteiger partial charge on any atom is 0.243 e. The van der Waals surface area contributed by atoms with Crippen molar-refractivity contribution in [2.24, 2.45) is 0 Å². The second kappa shape index (κ2) is 13.8. The number of nitrogens with one attached hydrogen (secondary N) is 1. The highest BCUT2D eigenvalue weighted by molar-refractivity contribution is 6.30. The summed E-state index contributed by atoms with van der Waals surface area (Å²) in [5, 5.41) is 3.72. The Morgan fingerprint density at radius 1 is 0.861 bits per heavy atom. The van der Waals surface area contributed by atoms with Crippen LogP contribution in [0.5, 0.6) is 0 Å². The zero-order chi connectivity index (χ0) is 25.9. The summed E-state index contributed by atoms with van der Waals surface area (Å²) in [6.07, 6.45) is 3.20. The Balaban J connectivity index is 1.89. The molecular formula is C31H37ClN2O2. The number of amides is 2. The lowest BCUT2D eigenvalue weighted by Gasteiger charge is -2.32. The van der Waals surface area contributed by atoms with Crippen molar-refractivity contribution in [2.75, 3.05) is 0 Å². The molecule has 0 heterocycles. The lowest BCUT2D eigenvalue weighted by atomic mass is 10.0. The molecule has 0 aromatic heterocycles. The molecule has 3 aromatic rings. The lowest BCUT2D eigenvalue weighted by molar-refractivity contribution is -0.141. The molecule has 0 radical (unpaired) electrons. The van der Waals surface area contributed by atoms with Crippen molar-refractivity contribution >= 4 is 23.4 Å². The van der Waals surface area contributed by atoms with E-state index in [0.717, 1.165) is 29.5 Å². The van der Waals surface area contributed by atoms with Crippen LogP contribution in [-0.4, -0.2) is 28.8 Å². The van der Waals surface area contributed by atoms with Gasteiger partial charge in [0.15, 0.2) is 0 Å². The van der Waals surface area contributed by atoms with Crippen molar-refractivity contribution in [3.05, 3.63) is 106 Å². The summed E-state index contributed by atoms with van der Waals surface area (Å²) in [7, 11) is 0. The molecular weight excluding hydrogens is 468 g/mol. The van der Waals surface area contributed by atoms with Crippen LogP contribution < -0.4 is 5.32 Å². The fourth-order valence-corrected chi connectivity index (χ4v) is 4.38. The van der Waals surface area contributed by atoms with Crippen LogP contribution in [0.25, 0.3) is 0 Å². The molecule has 2 amide bonds. The first-order valence-corrected chi connectivity index (χ1v) is 13.2. The molecule has 1 N–H and O–H groups in total. The molecule has 4 nitrogen and oxygen atoms in total. The number of nitrogens with zero attached hydrogens (tertiary/aromatic N) is 1. The summed E-state index contributed by atoms with van der Waals surface area (Å²) in [6, 6.07) is 25.2. The van der Waals surface area contributed by atoms with Crippen LogP contribution >= 0.6 is 11.6 Å². The first kappa shape index (κ1) is 27.5. The Labute approximate surface area is 220 Å². The molecule has 0 aliphatic rings. The van der Waals surface area contributed by atoms with Crippen molar-refractivity contribution in [1.82, 2.24) is 10.2 Å². The molecule has 0 spiro atoms. The van der Waals surface area contributed by atoms with E-state index in [0.29, 0.717) is 30.8 Å². The van der Waals surface area contributed by atoms with Crippen LogP contribution in [0, 0.1) is 0 Å². The minimum atomic E-state index is -0.629. The molecule has 0 bridgehead atoms. The van der Waals surface area contributed by atoms with Gasteiger partial charge in [-0.15, -0.1) is 0 Å². The quantitative estimate of drug-likeness (QED) is 0.310. The third kappa shape index (κ3) is 8.23. The van der Waals surface area contributed by atoms with Gasteiger partial charge in [0.2, 0.25) is 11.8 Å². The summed E-state index contributed by atoms with van der Waals surface area (Å²) in [6.45, 7) is 6.47. The van der Waals surface area contributed by atoms with Crippen molar-refractivity contribution in [1.29, 1.82) is 0 Å². The molecule has 5 heteroatoms.